The normalized spacial score (nSPS) is 10.6. The molecule has 1 amide bonds. The fourth-order valence-electron chi connectivity index (χ4n) is 3.50. The second-order valence-corrected chi connectivity index (χ2v) is 6.77. The topological polar surface area (TPSA) is 61.7 Å². The number of hydrogen-bond donors (Lipinski definition) is 1. The van der Waals surface area contributed by atoms with Gasteiger partial charge in [0.1, 0.15) is 11.6 Å². The maximum Gasteiger partial charge on any atom is 0.253 e. The summed E-state index contributed by atoms with van der Waals surface area (Å²) in [7, 11) is 4.64. The molecule has 0 bridgehead atoms. The third kappa shape index (κ3) is 3.96. The van der Waals surface area contributed by atoms with Crippen LogP contribution in [0.4, 0.5) is 4.39 Å². The van der Waals surface area contributed by atoms with Gasteiger partial charge in [0, 0.05) is 29.6 Å². The number of aromatic nitrogens is 1. The van der Waals surface area contributed by atoms with Gasteiger partial charge in [0.2, 0.25) is 0 Å². The van der Waals surface area contributed by atoms with Crippen molar-refractivity contribution >= 4 is 5.91 Å². The summed E-state index contributed by atoms with van der Waals surface area (Å²) in [5.41, 5.74) is 3.07. The average molecular weight is 412 g/mol. The summed E-state index contributed by atoms with van der Waals surface area (Å²) in [5.74, 6) is 1.05. The highest BCUT2D eigenvalue weighted by atomic mass is 19.1. The number of benzene rings is 2. The number of carbonyl (C=O) groups excluding carboxylic acids is 1. The number of amides is 1. The number of hydrogen-bond acceptors (Lipinski definition) is 4. The van der Waals surface area contributed by atoms with Crippen molar-refractivity contribution in [2.75, 3.05) is 21.3 Å². The number of halogens is 1. The molecular weight excluding hydrogens is 387 g/mol. The second-order valence-electron chi connectivity index (χ2n) is 6.77. The van der Waals surface area contributed by atoms with Crippen LogP contribution < -0.4 is 19.5 Å². The molecule has 158 valence electrons. The Hall–Kier alpha value is -3.48. The molecule has 0 atom stereocenters. The summed E-state index contributed by atoms with van der Waals surface area (Å²) in [6.45, 7) is 3.87. The van der Waals surface area contributed by atoms with Gasteiger partial charge in [-0.2, -0.15) is 0 Å². The van der Waals surface area contributed by atoms with E-state index in [1.165, 1.54) is 6.07 Å². The van der Waals surface area contributed by atoms with E-state index in [1.807, 2.05) is 6.92 Å². The van der Waals surface area contributed by atoms with Crippen molar-refractivity contribution < 1.29 is 23.4 Å². The average Bonchev–Trinajstić information content (AvgIpc) is 3.05. The van der Waals surface area contributed by atoms with E-state index in [1.54, 1.807) is 69.2 Å². The Bertz CT molecular complexity index is 1080. The van der Waals surface area contributed by atoms with Gasteiger partial charge in [-0.1, -0.05) is 12.1 Å². The molecule has 0 saturated heterocycles. The van der Waals surface area contributed by atoms with Crippen molar-refractivity contribution in [3.05, 3.63) is 70.8 Å². The van der Waals surface area contributed by atoms with Gasteiger partial charge >= 0.3 is 0 Å². The molecule has 0 aliphatic rings. The van der Waals surface area contributed by atoms with Gasteiger partial charge in [0.15, 0.2) is 11.5 Å². The maximum absolute atomic E-state index is 14.3. The quantitative estimate of drug-likeness (QED) is 0.632. The molecule has 7 heteroatoms. The molecule has 3 aromatic rings. The summed E-state index contributed by atoms with van der Waals surface area (Å²) in [5, 5.41) is 2.90. The van der Waals surface area contributed by atoms with E-state index < -0.39 is 0 Å². The van der Waals surface area contributed by atoms with Crippen LogP contribution in [-0.2, 0) is 6.54 Å². The fourth-order valence-corrected chi connectivity index (χ4v) is 3.50. The third-order valence-corrected chi connectivity index (χ3v) is 5.00. The Balaban J connectivity index is 1.86. The lowest BCUT2D eigenvalue weighted by molar-refractivity contribution is 0.0950. The minimum atomic E-state index is -0.346. The van der Waals surface area contributed by atoms with Crippen molar-refractivity contribution in [2.45, 2.75) is 20.4 Å². The van der Waals surface area contributed by atoms with E-state index in [-0.39, 0.29) is 18.3 Å². The van der Waals surface area contributed by atoms with Gasteiger partial charge in [0.25, 0.3) is 5.91 Å². The van der Waals surface area contributed by atoms with Crippen molar-refractivity contribution in [3.63, 3.8) is 0 Å². The summed E-state index contributed by atoms with van der Waals surface area (Å²) < 4.78 is 32.0. The molecule has 1 aromatic heterocycles. The number of carbonyl (C=O) groups is 1. The minimum absolute atomic E-state index is 0.228. The van der Waals surface area contributed by atoms with Gasteiger partial charge in [-0.25, -0.2) is 4.39 Å². The predicted molar refractivity (Wildman–Crippen MR) is 112 cm³/mol. The molecule has 0 fully saturated rings. The predicted octanol–water partition coefficient (Wildman–Crippen LogP) is 4.19. The minimum Gasteiger partial charge on any atom is -0.496 e. The van der Waals surface area contributed by atoms with E-state index in [9.17, 15) is 9.18 Å². The van der Waals surface area contributed by atoms with Crippen LogP contribution in [0, 0.1) is 19.7 Å². The zero-order valence-electron chi connectivity index (χ0n) is 17.7. The van der Waals surface area contributed by atoms with E-state index in [2.05, 4.69) is 5.32 Å². The van der Waals surface area contributed by atoms with Crippen molar-refractivity contribution in [1.82, 2.24) is 9.88 Å². The largest absolute Gasteiger partial charge is 0.496 e. The molecule has 0 unspecified atom stereocenters. The van der Waals surface area contributed by atoms with Gasteiger partial charge < -0.3 is 24.1 Å². The Morgan fingerprint density at radius 1 is 0.967 bits per heavy atom. The van der Waals surface area contributed by atoms with Crippen LogP contribution in [0.2, 0.25) is 0 Å². The van der Waals surface area contributed by atoms with Gasteiger partial charge in [0.05, 0.1) is 32.6 Å². The van der Waals surface area contributed by atoms with E-state index in [0.29, 0.717) is 34.2 Å². The lowest BCUT2D eigenvalue weighted by atomic mass is 10.1. The summed E-state index contributed by atoms with van der Waals surface area (Å²) in [6.07, 6.45) is 0. The van der Waals surface area contributed by atoms with Crippen molar-refractivity contribution in [1.29, 1.82) is 0 Å². The Morgan fingerprint density at radius 3 is 2.23 bits per heavy atom. The zero-order valence-corrected chi connectivity index (χ0v) is 17.7. The molecule has 2 aromatic carbocycles. The molecule has 30 heavy (non-hydrogen) atoms. The summed E-state index contributed by atoms with van der Waals surface area (Å²) in [4.78, 5) is 12.9. The number of para-hydroxylation sites is 1. The summed E-state index contributed by atoms with van der Waals surface area (Å²) >= 11 is 0. The number of aryl methyl sites for hydroxylation is 1. The Labute approximate surface area is 175 Å². The Kier molecular flexibility index (Phi) is 6.30. The van der Waals surface area contributed by atoms with E-state index in [4.69, 9.17) is 14.2 Å². The van der Waals surface area contributed by atoms with E-state index in [0.717, 1.165) is 11.3 Å². The number of ether oxygens (including phenoxy) is 3. The molecule has 1 heterocycles. The first-order chi connectivity index (χ1) is 14.4. The number of rotatable bonds is 7. The van der Waals surface area contributed by atoms with E-state index >= 15 is 0 Å². The molecule has 6 nitrogen and oxygen atoms in total. The van der Waals surface area contributed by atoms with Gasteiger partial charge in [-0.15, -0.1) is 0 Å². The lowest BCUT2D eigenvalue weighted by Gasteiger charge is -2.15. The fraction of sp³-hybridized carbons (Fsp3) is 0.261. The smallest absolute Gasteiger partial charge is 0.253 e. The molecule has 0 spiro atoms. The van der Waals surface area contributed by atoms with Gasteiger partial charge in [-0.05, 0) is 38.1 Å². The SMILES string of the molecule is COc1cc(OC)c(OC)cc1CNC(=O)c1cc(C)n(-c2ccccc2F)c1C. The molecule has 0 radical (unpaired) electrons. The standard InChI is InChI=1S/C23H25FN2O4/c1-14-10-17(15(2)26(14)19-9-7-6-8-18(19)24)23(27)25-13-16-11-21(29-4)22(30-5)12-20(16)28-3/h6-12H,13H2,1-5H3,(H,25,27). The highest BCUT2D eigenvalue weighted by molar-refractivity contribution is 5.96. The highest BCUT2D eigenvalue weighted by Crippen LogP contribution is 2.34. The van der Waals surface area contributed by atoms with Crippen molar-refractivity contribution in [2.24, 2.45) is 0 Å². The second kappa shape index (κ2) is 8.90. The lowest BCUT2D eigenvalue weighted by Crippen LogP contribution is -2.23. The number of nitrogens with zero attached hydrogens (tertiary/aromatic N) is 1. The Morgan fingerprint density at radius 2 is 1.60 bits per heavy atom. The summed E-state index contributed by atoms with van der Waals surface area (Å²) in [6, 6.07) is 11.7. The first kappa shape index (κ1) is 21.2. The van der Waals surface area contributed by atoms with Gasteiger partial charge in [-0.3, -0.25) is 4.79 Å². The van der Waals surface area contributed by atoms with Crippen LogP contribution >= 0.6 is 0 Å². The first-order valence-electron chi connectivity index (χ1n) is 9.42. The highest BCUT2D eigenvalue weighted by Gasteiger charge is 2.19. The molecule has 0 aliphatic carbocycles. The molecule has 1 N–H and O–H groups in total. The van der Waals surface area contributed by atoms with Crippen LogP contribution in [0.3, 0.4) is 0 Å². The third-order valence-electron chi connectivity index (χ3n) is 5.00. The first-order valence-corrected chi connectivity index (χ1v) is 9.42. The van der Waals surface area contributed by atoms with Crippen LogP contribution in [0.1, 0.15) is 27.3 Å². The molecule has 0 aliphatic heterocycles. The van der Waals surface area contributed by atoms with Crippen molar-refractivity contribution in [3.8, 4) is 22.9 Å². The number of nitrogens with one attached hydrogen (secondary N) is 1. The number of methoxy groups -OCH3 is 3. The van der Waals surface area contributed by atoms with Crippen LogP contribution in [0.25, 0.3) is 5.69 Å². The molecular formula is C23H25FN2O4. The van der Waals surface area contributed by atoms with Crippen LogP contribution in [0.5, 0.6) is 17.2 Å². The monoisotopic (exact) mass is 412 g/mol. The maximum atomic E-state index is 14.3. The zero-order chi connectivity index (χ0) is 21.8. The molecule has 3 rings (SSSR count). The van der Waals surface area contributed by atoms with Crippen LogP contribution in [-0.4, -0.2) is 31.8 Å². The van der Waals surface area contributed by atoms with Crippen LogP contribution in [0.15, 0.2) is 42.5 Å². The molecule has 0 saturated carbocycles.